The molecule has 0 aliphatic rings. The fraction of sp³-hybridized carbons (Fsp3) is 0.385. The highest BCUT2D eigenvalue weighted by molar-refractivity contribution is 7.99. The molecular formula is C13H17NO2S. The van der Waals surface area contributed by atoms with E-state index in [1.165, 1.54) is 0 Å². The first kappa shape index (κ1) is 13.8. The molecule has 1 aromatic carbocycles. The van der Waals surface area contributed by atoms with Gasteiger partial charge < -0.3 is 15.2 Å². The normalized spacial score (nSPS) is 9.88. The highest BCUT2D eigenvalue weighted by Gasteiger charge is 2.01. The van der Waals surface area contributed by atoms with Gasteiger partial charge in [-0.15, -0.1) is 18.2 Å². The molecule has 4 heteroatoms. The van der Waals surface area contributed by atoms with Crippen LogP contribution in [0, 0.1) is 12.3 Å². The summed E-state index contributed by atoms with van der Waals surface area (Å²) < 4.78 is 5.04. The second-order valence-electron chi connectivity index (χ2n) is 3.44. The summed E-state index contributed by atoms with van der Waals surface area (Å²) in [5.41, 5.74) is 1.08. The number of nitrogens with one attached hydrogen (secondary N) is 1. The predicted octanol–water partition coefficient (Wildman–Crippen LogP) is 1.86. The van der Waals surface area contributed by atoms with Gasteiger partial charge >= 0.3 is 0 Å². The molecule has 1 aromatic rings. The van der Waals surface area contributed by atoms with Crippen molar-refractivity contribution in [3.63, 3.8) is 0 Å². The highest BCUT2D eigenvalue weighted by atomic mass is 32.2. The van der Waals surface area contributed by atoms with Crippen molar-refractivity contribution in [2.45, 2.75) is 6.54 Å². The van der Waals surface area contributed by atoms with Crippen LogP contribution >= 0.6 is 11.8 Å². The molecule has 0 radical (unpaired) electrons. The van der Waals surface area contributed by atoms with Crippen LogP contribution in [-0.2, 0) is 6.54 Å². The molecule has 1 rings (SSSR count). The number of hydrogen-bond acceptors (Lipinski definition) is 4. The van der Waals surface area contributed by atoms with Crippen LogP contribution in [0.5, 0.6) is 11.5 Å². The highest BCUT2D eigenvalue weighted by Crippen LogP contribution is 2.25. The minimum atomic E-state index is 0.167. The lowest BCUT2D eigenvalue weighted by atomic mass is 10.2. The second kappa shape index (κ2) is 7.88. The van der Waals surface area contributed by atoms with Gasteiger partial charge in [-0.2, -0.15) is 0 Å². The van der Waals surface area contributed by atoms with E-state index in [1.54, 1.807) is 24.9 Å². The Morgan fingerprint density at radius 2 is 2.35 bits per heavy atom. The zero-order chi connectivity index (χ0) is 12.5. The Hall–Kier alpha value is -1.31. The van der Waals surface area contributed by atoms with Crippen LogP contribution in [0.2, 0.25) is 0 Å². The van der Waals surface area contributed by atoms with Gasteiger partial charge in [-0.05, 0) is 17.7 Å². The summed E-state index contributed by atoms with van der Waals surface area (Å²) in [5, 5.41) is 12.7. The summed E-state index contributed by atoms with van der Waals surface area (Å²) in [6, 6.07) is 5.35. The standard InChI is InChI=1S/C13H17NO2S/c1-3-7-17-8-6-14-10-11-4-5-12(15)13(9-11)16-2/h1,4-5,9,14-15H,6-8,10H2,2H3. The molecule has 0 bridgehead atoms. The monoisotopic (exact) mass is 251 g/mol. The summed E-state index contributed by atoms with van der Waals surface area (Å²) in [6.07, 6.45) is 5.15. The molecule has 0 spiro atoms. The predicted molar refractivity (Wildman–Crippen MR) is 72.5 cm³/mol. The minimum absolute atomic E-state index is 0.167. The zero-order valence-electron chi connectivity index (χ0n) is 9.90. The van der Waals surface area contributed by atoms with E-state index in [9.17, 15) is 5.11 Å². The molecule has 0 saturated heterocycles. The molecule has 3 nitrogen and oxygen atoms in total. The van der Waals surface area contributed by atoms with Crippen molar-refractivity contribution in [1.82, 2.24) is 5.32 Å². The van der Waals surface area contributed by atoms with Gasteiger partial charge in [0, 0.05) is 18.8 Å². The Balaban J connectivity index is 2.30. The maximum atomic E-state index is 9.44. The molecule has 0 heterocycles. The van der Waals surface area contributed by atoms with Gasteiger partial charge in [-0.1, -0.05) is 12.0 Å². The molecule has 0 aliphatic carbocycles. The third kappa shape index (κ3) is 5.03. The van der Waals surface area contributed by atoms with Crippen molar-refractivity contribution in [2.75, 3.05) is 25.2 Å². The number of phenols is 1. The summed E-state index contributed by atoms with van der Waals surface area (Å²) in [5.74, 6) is 5.02. The van der Waals surface area contributed by atoms with E-state index in [0.29, 0.717) is 5.75 Å². The van der Waals surface area contributed by atoms with E-state index in [1.807, 2.05) is 12.1 Å². The molecule has 0 fully saturated rings. The number of methoxy groups -OCH3 is 1. The fourth-order valence-electron chi connectivity index (χ4n) is 1.34. The Kier molecular flexibility index (Phi) is 6.38. The minimum Gasteiger partial charge on any atom is -0.504 e. The smallest absolute Gasteiger partial charge is 0.160 e. The Labute approximate surface area is 107 Å². The summed E-state index contributed by atoms with van der Waals surface area (Å²) in [6.45, 7) is 1.67. The van der Waals surface area contributed by atoms with Gasteiger partial charge in [0.15, 0.2) is 11.5 Å². The van der Waals surface area contributed by atoms with E-state index in [-0.39, 0.29) is 5.75 Å². The van der Waals surface area contributed by atoms with Crippen LogP contribution in [0.4, 0.5) is 0 Å². The Bertz CT molecular complexity index is 387. The third-order valence-electron chi connectivity index (χ3n) is 2.18. The van der Waals surface area contributed by atoms with Crippen LogP contribution in [0.3, 0.4) is 0 Å². The van der Waals surface area contributed by atoms with Crippen molar-refractivity contribution < 1.29 is 9.84 Å². The van der Waals surface area contributed by atoms with Crippen LogP contribution in [0.1, 0.15) is 5.56 Å². The van der Waals surface area contributed by atoms with Gasteiger partial charge in [0.05, 0.1) is 12.9 Å². The summed E-state index contributed by atoms with van der Waals surface area (Å²) in [7, 11) is 1.54. The fourth-order valence-corrected chi connectivity index (χ4v) is 1.89. The van der Waals surface area contributed by atoms with Crippen molar-refractivity contribution in [3.05, 3.63) is 23.8 Å². The molecule has 0 saturated carbocycles. The second-order valence-corrected chi connectivity index (χ2v) is 4.54. The number of hydrogen-bond donors (Lipinski definition) is 2. The number of thioether (sulfide) groups is 1. The van der Waals surface area contributed by atoms with Crippen molar-refractivity contribution in [1.29, 1.82) is 0 Å². The van der Waals surface area contributed by atoms with Crippen molar-refractivity contribution in [3.8, 4) is 23.8 Å². The van der Waals surface area contributed by atoms with Crippen LogP contribution in [-0.4, -0.2) is 30.3 Å². The SMILES string of the molecule is C#CCSCCNCc1ccc(O)c(OC)c1. The molecule has 0 atom stereocenters. The first-order valence-corrected chi connectivity index (χ1v) is 6.51. The lowest BCUT2D eigenvalue weighted by molar-refractivity contribution is 0.373. The number of phenolic OH excluding ortho intramolecular Hbond substituents is 1. The van der Waals surface area contributed by atoms with Crippen molar-refractivity contribution >= 4 is 11.8 Å². The van der Waals surface area contributed by atoms with Crippen LogP contribution in [0.25, 0.3) is 0 Å². The van der Waals surface area contributed by atoms with Gasteiger partial charge in [-0.3, -0.25) is 0 Å². The van der Waals surface area contributed by atoms with E-state index >= 15 is 0 Å². The summed E-state index contributed by atoms with van der Waals surface area (Å²) >= 11 is 1.74. The van der Waals surface area contributed by atoms with Gasteiger partial charge in [-0.25, -0.2) is 0 Å². The van der Waals surface area contributed by atoms with E-state index in [2.05, 4.69) is 11.2 Å². The molecule has 2 N–H and O–H groups in total. The molecule has 0 amide bonds. The van der Waals surface area contributed by atoms with Crippen LogP contribution < -0.4 is 10.1 Å². The maximum Gasteiger partial charge on any atom is 0.160 e. The topological polar surface area (TPSA) is 41.5 Å². The average molecular weight is 251 g/mol. The number of aromatic hydroxyl groups is 1. The number of benzene rings is 1. The molecule has 92 valence electrons. The van der Waals surface area contributed by atoms with Crippen LogP contribution in [0.15, 0.2) is 18.2 Å². The van der Waals surface area contributed by atoms with Gasteiger partial charge in [0.2, 0.25) is 0 Å². The largest absolute Gasteiger partial charge is 0.504 e. The molecular weight excluding hydrogens is 234 g/mol. The zero-order valence-corrected chi connectivity index (χ0v) is 10.7. The Morgan fingerprint density at radius 1 is 1.53 bits per heavy atom. The number of rotatable bonds is 7. The van der Waals surface area contributed by atoms with Gasteiger partial charge in [0.1, 0.15) is 0 Å². The number of ether oxygens (including phenoxy) is 1. The Morgan fingerprint density at radius 3 is 3.06 bits per heavy atom. The van der Waals surface area contributed by atoms with E-state index in [4.69, 9.17) is 11.2 Å². The van der Waals surface area contributed by atoms with E-state index in [0.717, 1.165) is 30.2 Å². The molecule has 17 heavy (non-hydrogen) atoms. The molecule has 0 aromatic heterocycles. The lowest BCUT2D eigenvalue weighted by Crippen LogP contribution is -2.16. The van der Waals surface area contributed by atoms with Crippen molar-refractivity contribution in [2.24, 2.45) is 0 Å². The average Bonchev–Trinajstić information content (AvgIpc) is 2.35. The first-order valence-electron chi connectivity index (χ1n) is 5.35. The molecule has 0 unspecified atom stereocenters. The van der Waals surface area contributed by atoms with Gasteiger partial charge in [0.25, 0.3) is 0 Å². The molecule has 0 aliphatic heterocycles. The summed E-state index contributed by atoms with van der Waals surface area (Å²) in [4.78, 5) is 0. The third-order valence-corrected chi connectivity index (χ3v) is 3.05. The van der Waals surface area contributed by atoms with E-state index < -0.39 is 0 Å². The maximum absolute atomic E-state index is 9.44. The number of terminal acetylenes is 1. The first-order chi connectivity index (χ1) is 8.27. The quantitative estimate of drug-likeness (QED) is 0.573. The lowest BCUT2D eigenvalue weighted by Gasteiger charge is -2.07.